The first-order valence-electron chi connectivity index (χ1n) is 11.8. The lowest BCUT2D eigenvalue weighted by molar-refractivity contribution is -0.915. The summed E-state index contributed by atoms with van der Waals surface area (Å²) < 4.78 is 3.05. The highest BCUT2D eigenvalue weighted by atomic mass is 16.5. The Kier molecular flexibility index (Phi) is 5.45. The first-order chi connectivity index (χ1) is 15.7. The van der Waals surface area contributed by atoms with Crippen LogP contribution in [0, 0.1) is 12.8 Å². The molecule has 2 heterocycles. The number of aliphatic hydroxyl groups is 2. The highest BCUT2D eigenvalue weighted by molar-refractivity contribution is 5.90. The second-order valence-corrected chi connectivity index (χ2v) is 9.99. The van der Waals surface area contributed by atoms with Crippen LogP contribution in [0.2, 0.25) is 0 Å². The summed E-state index contributed by atoms with van der Waals surface area (Å²) in [5, 5.41) is 41.0. The number of hydrogen-bond acceptors (Lipinski definition) is 6. The van der Waals surface area contributed by atoms with Crippen LogP contribution in [0.5, 0.6) is 0 Å². The number of aryl methyl sites for hydroxylation is 1. The van der Waals surface area contributed by atoms with Gasteiger partial charge in [-0.2, -0.15) is 5.10 Å². The molecule has 0 spiro atoms. The molecular weight excluding hydrogens is 418 g/mol. The number of aliphatic hydroxyl groups excluding tert-OH is 1. The summed E-state index contributed by atoms with van der Waals surface area (Å²) in [4.78, 5) is 1.98. The molecule has 33 heavy (non-hydrogen) atoms. The van der Waals surface area contributed by atoms with Crippen LogP contribution in [0.4, 0.5) is 11.4 Å². The summed E-state index contributed by atoms with van der Waals surface area (Å²) in [6.45, 7) is 1.78. The molecule has 8 heteroatoms. The van der Waals surface area contributed by atoms with Crippen molar-refractivity contribution in [3.63, 3.8) is 0 Å². The van der Waals surface area contributed by atoms with E-state index in [4.69, 9.17) is 5.10 Å². The minimum atomic E-state index is -1.08. The van der Waals surface area contributed by atoms with E-state index in [9.17, 15) is 15.4 Å². The molecule has 2 aliphatic carbocycles. The summed E-state index contributed by atoms with van der Waals surface area (Å²) in [7, 11) is 3.91. The van der Waals surface area contributed by atoms with E-state index in [1.165, 1.54) is 12.8 Å². The van der Waals surface area contributed by atoms with E-state index in [1.807, 2.05) is 31.1 Å². The molecule has 0 saturated heterocycles. The van der Waals surface area contributed by atoms with Gasteiger partial charge in [0.05, 0.1) is 28.5 Å². The predicted octanol–water partition coefficient (Wildman–Crippen LogP) is 3.29. The molecule has 0 bridgehead atoms. The Hall–Kier alpha value is -2.84. The maximum atomic E-state index is 10.9. The van der Waals surface area contributed by atoms with Gasteiger partial charge in [0.15, 0.2) is 0 Å². The summed E-state index contributed by atoms with van der Waals surface area (Å²) in [5.74, 6) is 0.504. The summed E-state index contributed by atoms with van der Waals surface area (Å²) in [6, 6.07) is 9.57. The first kappa shape index (κ1) is 22.0. The molecular formula is C25H34N5O3+. The monoisotopic (exact) mass is 452 g/mol. The van der Waals surface area contributed by atoms with Crippen molar-refractivity contribution in [1.82, 2.24) is 9.78 Å². The fourth-order valence-electron chi connectivity index (χ4n) is 5.21. The van der Waals surface area contributed by atoms with Gasteiger partial charge in [-0.1, -0.05) is 0 Å². The molecule has 0 radical (unpaired) electrons. The largest absolute Gasteiger partial charge is 0.390 e. The van der Waals surface area contributed by atoms with E-state index in [2.05, 4.69) is 16.2 Å². The number of benzene rings is 1. The molecule has 8 nitrogen and oxygen atoms in total. The number of pyridine rings is 1. The molecule has 2 fully saturated rings. The Balaban J connectivity index is 1.41. The molecule has 0 amide bonds. The van der Waals surface area contributed by atoms with Gasteiger partial charge >= 0.3 is 0 Å². The van der Waals surface area contributed by atoms with Crippen molar-refractivity contribution in [3.8, 4) is 0 Å². The molecule has 0 aliphatic heterocycles. The highest BCUT2D eigenvalue weighted by Crippen LogP contribution is 2.49. The fourth-order valence-corrected chi connectivity index (χ4v) is 5.21. The zero-order chi connectivity index (χ0) is 23.3. The molecule has 1 atom stereocenters. The quantitative estimate of drug-likeness (QED) is 0.260. The van der Waals surface area contributed by atoms with E-state index >= 15 is 0 Å². The Labute approximate surface area is 194 Å². The van der Waals surface area contributed by atoms with Gasteiger partial charge in [0, 0.05) is 49.5 Å². The second kappa shape index (κ2) is 8.18. The van der Waals surface area contributed by atoms with Crippen molar-refractivity contribution in [3.05, 3.63) is 47.9 Å². The van der Waals surface area contributed by atoms with Gasteiger partial charge in [0.2, 0.25) is 11.9 Å². The highest BCUT2D eigenvalue weighted by Gasteiger charge is 2.45. The Morgan fingerprint density at radius 1 is 1.18 bits per heavy atom. The Bertz CT molecular complexity index is 1160. The molecule has 2 saturated carbocycles. The van der Waals surface area contributed by atoms with Crippen LogP contribution in [0.25, 0.3) is 10.9 Å². The van der Waals surface area contributed by atoms with Gasteiger partial charge in [-0.05, 0) is 62.6 Å². The van der Waals surface area contributed by atoms with E-state index in [-0.39, 0.29) is 0 Å². The maximum absolute atomic E-state index is 10.9. The van der Waals surface area contributed by atoms with Crippen LogP contribution >= 0.6 is 0 Å². The van der Waals surface area contributed by atoms with Crippen LogP contribution in [-0.2, 0) is 0 Å². The molecule has 5 rings (SSSR count). The van der Waals surface area contributed by atoms with Crippen molar-refractivity contribution in [2.24, 2.45) is 5.92 Å². The van der Waals surface area contributed by atoms with Crippen molar-refractivity contribution < 1.29 is 20.2 Å². The van der Waals surface area contributed by atoms with Gasteiger partial charge in [-0.15, -0.1) is 0 Å². The lowest BCUT2D eigenvalue weighted by Gasteiger charge is -2.36. The van der Waals surface area contributed by atoms with Crippen LogP contribution < -0.4 is 14.9 Å². The number of hydrogen-bond donors (Lipinski definition) is 4. The zero-order valence-electron chi connectivity index (χ0n) is 19.6. The number of anilines is 2. The number of fused-ring (bicyclic) bond motifs is 1. The maximum Gasteiger partial charge on any atom is 0.283 e. The van der Waals surface area contributed by atoms with Crippen molar-refractivity contribution in [2.45, 2.75) is 63.3 Å². The van der Waals surface area contributed by atoms with E-state index in [1.54, 1.807) is 25.1 Å². The third-order valence-electron chi connectivity index (χ3n) is 7.41. The smallest absolute Gasteiger partial charge is 0.283 e. The molecule has 4 N–H and O–H groups in total. The Morgan fingerprint density at radius 3 is 2.58 bits per heavy atom. The van der Waals surface area contributed by atoms with Crippen molar-refractivity contribution in [1.29, 1.82) is 0 Å². The SMILES string of the molecule is Cc1cccc(C(O)Nc2cc3cn(C4CCC(O)(C5CC5)CC4)nc3cc2N(C)C)[n+]1O. The summed E-state index contributed by atoms with van der Waals surface area (Å²) in [5.41, 5.74) is 3.09. The number of rotatable bonds is 6. The second-order valence-electron chi connectivity index (χ2n) is 9.99. The molecule has 1 aromatic carbocycles. The van der Waals surface area contributed by atoms with Crippen molar-refractivity contribution in [2.75, 3.05) is 24.3 Å². The summed E-state index contributed by atoms with van der Waals surface area (Å²) in [6.07, 6.45) is 6.89. The van der Waals surface area contributed by atoms with Crippen LogP contribution in [0.1, 0.15) is 62.2 Å². The third kappa shape index (κ3) is 4.13. The van der Waals surface area contributed by atoms with Crippen LogP contribution in [-0.4, -0.2) is 44.9 Å². The van der Waals surface area contributed by atoms with Crippen LogP contribution in [0.15, 0.2) is 36.5 Å². The molecule has 2 aromatic heterocycles. The lowest BCUT2D eigenvalue weighted by Crippen LogP contribution is -2.41. The van der Waals surface area contributed by atoms with E-state index in [0.717, 1.165) is 52.7 Å². The predicted molar refractivity (Wildman–Crippen MR) is 126 cm³/mol. The molecule has 2 aliphatic rings. The zero-order valence-corrected chi connectivity index (χ0v) is 19.6. The average molecular weight is 453 g/mol. The van der Waals surface area contributed by atoms with Crippen LogP contribution in [0.3, 0.4) is 0 Å². The van der Waals surface area contributed by atoms with Gasteiger partial charge in [-0.3, -0.25) is 9.89 Å². The van der Waals surface area contributed by atoms with Gasteiger partial charge in [-0.25, -0.2) is 0 Å². The van der Waals surface area contributed by atoms with E-state index in [0.29, 0.717) is 23.3 Å². The van der Waals surface area contributed by atoms with E-state index < -0.39 is 11.8 Å². The van der Waals surface area contributed by atoms with Gasteiger partial charge < -0.3 is 20.4 Å². The fraction of sp³-hybridized carbons (Fsp3) is 0.520. The van der Waals surface area contributed by atoms with Gasteiger partial charge in [0.1, 0.15) is 0 Å². The summed E-state index contributed by atoms with van der Waals surface area (Å²) >= 11 is 0. The van der Waals surface area contributed by atoms with Crippen molar-refractivity contribution >= 4 is 22.3 Å². The topological polar surface area (TPSA) is 97.7 Å². The number of nitrogens with zero attached hydrogens (tertiary/aromatic N) is 4. The lowest BCUT2D eigenvalue weighted by atomic mass is 9.79. The minimum Gasteiger partial charge on any atom is -0.390 e. The number of aromatic nitrogens is 3. The molecule has 176 valence electrons. The minimum absolute atomic E-state index is 0.293. The Morgan fingerprint density at radius 2 is 1.91 bits per heavy atom. The molecule has 3 aromatic rings. The van der Waals surface area contributed by atoms with Gasteiger partial charge in [0.25, 0.3) is 5.69 Å². The standard InChI is InChI=1S/C25H34N5O3/c1-16-5-4-6-22(30(16)33)24(31)26-21-13-17-15-29(27-20(17)14-23(21)28(2)3)19-9-11-25(32,12-10-19)18-7-8-18/h4-6,13-15,18-19,24,26,31-33H,7-12H2,1-3H3/q+1. The average Bonchev–Trinajstić information content (AvgIpc) is 3.56. The third-order valence-corrected chi connectivity index (χ3v) is 7.41. The first-order valence-corrected chi connectivity index (χ1v) is 11.8. The molecule has 1 unspecified atom stereocenters. The normalized spacial score (nSPS) is 24.1. The number of nitrogens with one attached hydrogen (secondary N) is 1.